The Morgan fingerprint density at radius 1 is 1.47 bits per heavy atom. The molecular weight excluding hydrogens is 246 g/mol. The van der Waals surface area contributed by atoms with Gasteiger partial charge in [-0.15, -0.1) is 0 Å². The van der Waals surface area contributed by atoms with Gasteiger partial charge in [-0.1, -0.05) is 19.0 Å². The number of aryl methyl sites for hydroxylation is 1. The van der Waals surface area contributed by atoms with Crippen molar-refractivity contribution in [1.29, 1.82) is 0 Å². The highest BCUT2D eigenvalue weighted by molar-refractivity contribution is 5.79. The van der Waals surface area contributed by atoms with Crippen LogP contribution in [0.15, 0.2) is 4.52 Å². The first kappa shape index (κ1) is 15.6. The minimum atomic E-state index is -0.776. The lowest BCUT2D eigenvalue weighted by molar-refractivity contribution is -0.147. The lowest BCUT2D eigenvalue weighted by atomic mass is 10.1. The van der Waals surface area contributed by atoms with E-state index in [0.717, 1.165) is 12.8 Å². The van der Waals surface area contributed by atoms with Crippen LogP contribution in [0.25, 0.3) is 0 Å². The van der Waals surface area contributed by atoms with Gasteiger partial charge < -0.3 is 9.26 Å². The summed E-state index contributed by atoms with van der Waals surface area (Å²) in [6, 6.07) is 0. The molecule has 0 bridgehead atoms. The average Bonchev–Trinajstić information content (AvgIpc) is 2.81. The van der Waals surface area contributed by atoms with E-state index in [0.29, 0.717) is 24.2 Å². The Labute approximate surface area is 113 Å². The van der Waals surface area contributed by atoms with Crippen LogP contribution in [0.1, 0.15) is 45.8 Å². The smallest absolute Gasteiger partial charge is 0.325 e. The minimum absolute atomic E-state index is 0.327. The molecule has 108 valence electrons. The standard InChI is InChI=1S/C13H23N3O3/c1-9(2)6-7-10-15-11(19-16-10)8-14-13(3,4)12(17)18-5/h9,14H,6-8H2,1-5H3. The first-order chi connectivity index (χ1) is 8.85. The third-order valence-corrected chi connectivity index (χ3v) is 2.83. The lowest BCUT2D eigenvalue weighted by Crippen LogP contribution is -2.47. The van der Waals surface area contributed by atoms with Crippen molar-refractivity contribution >= 4 is 5.97 Å². The van der Waals surface area contributed by atoms with Gasteiger partial charge in [0.05, 0.1) is 13.7 Å². The molecule has 1 heterocycles. The Morgan fingerprint density at radius 3 is 2.74 bits per heavy atom. The van der Waals surface area contributed by atoms with Crippen LogP contribution >= 0.6 is 0 Å². The van der Waals surface area contributed by atoms with Gasteiger partial charge in [0.2, 0.25) is 5.89 Å². The molecular formula is C13H23N3O3. The molecule has 1 rings (SSSR count). The zero-order chi connectivity index (χ0) is 14.5. The fourth-order valence-corrected chi connectivity index (χ4v) is 1.51. The lowest BCUT2D eigenvalue weighted by Gasteiger charge is -2.21. The zero-order valence-corrected chi connectivity index (χ0v) is 12.3. The second-order valence-electron chi connectivity index (χ2n) is 5.51. The quantitative estimate of drug-likeness (QED) is 0.759. The van der Waals surface area contributed by atoms with Gasteiger partial charge in [-0.3, -0.25) is 10.1 Å². The molecule has 0 aliphatic heterocycles. The van der Waals surface area contributed by atoms with Crippen molar-refractivity contribution in [2.24, 2.45) is 5.92 Å². The summed E-state index contributed by atoms with van der Waals surface area (Å²) in [4.78, 5) is 15.8. The summed E-state index contributed by atoms with van der Waals surface area (Å²) >= 11 is 0. The van der Waals surface area contributed by atoms with E-state index in [9.17, 15) is 4.79 Å². The maximum absolute atomic E-state index is 11.5. The molecule has 0 aliphatic rings. The molecule has 0 saturated heterocycles. The minimum Gasteiger partial charge on any atom is -0.468 e. The van der Waals surface area contributed by atoms with Crippen LogP contribution in [0.5, 0.6) is 0 Å². The molecule has 19 heavy (non-hydrogen) atoms. The number of nitrogens with one attached hydrogen (secondary N) is 1. The first-order valence-corrected chi connectivity index (χ1v) is 6.50. The summed E-state index contributed by atoms with van der Waals surface area (Å²) in [5, 5.41) is 6.94. The van der Waals surface area contributed by atoms with Gasteiger partial charge in [0.15, 0.2) is 5.82 Å². The molecule has 1 aromatic rings. The van der Waals surface area contributed by atoms with Gasteiger partial charge in [0.25, 0.3) is 0 Å². The molecule has 0 saturated carbocycles. The summed E-state index contributed by atoms with van der Waals surface area (Å²) in [5.74, 6) is 1.47. The van der Waals surface area contributed by atoms with E-state index in [-0.39, 0.29) is 5.97 Å². The van der Waals surface area contributed by atoms with E-state index in [4.69, 9.17) is 9.26 Å². The van der Waals surface area contributed by atoms with E-state index in [2.05, 4.69) is 29.3 Å². The van der Waals surface area contributed by atoms with Crippen LogP contribution in [0.3, 0.4) is 0 Å². The van der Waals surface area contributed by atoms with E-state index in [1.807, 2.05) is 0 Å². The number of aromatic nitrogens is 2. The largest absolute Gasteiger partial charge is 0.468 e. The van der Waals surface area contributed by atoms with E-state index < -0.39 is 5.54 Å². The fraction of sp³-hybridized carbons (Fsp3) is 0.769. The molecule has 0 fully saturated rings. The van der Waals surface area contributed by atoms with Crippen molar-refractivity contribution in [3.63, 3.8) is 0 Å². The number of ether oxygens (including phenoxy) is 1. The van der Waals surface area contributed by atoms with Gasteiger partial charge in [0.1, 0.15) is 5.54 Å². The predicted molar refractivity (Wildman–Crippen MR) is 70.4 cm³/mol. The zero-order valence-electron chi connectivity index (χ0n) is 12.3. The molecule has 1 N–H and O–H groups in total. The molecule has 6 nitrogen and oxygen atoms in total. The SMILES string of the molecule is COC(=O)C(C)(C)NCc1nc(CCC(C)C)no1. The number of esters is 1. The van der Waals surface area contributed by atoms with Crippen LogP contribution in [-0.4, -0.2) is 28.8 Å². The Bertz CT molecular complexity index is 413. The number of carbonyl (C=O) groups is 1. The summed E-state index contributed by atoms with van der Waals surface area (Å²) in [6.07, 6.45) is 1.83. The highest BCUT2D eigenvalue weighted by Crippen LogP contribution is 2.09. The summed E-state index contributed by atoms with van der Waals surface area (Å²) in [5.41, 5.74) is -0.776. The second kappa shape index (κ2) is 6.65. The van der Waals surface area contributed by atoms with Crippen LogP contribution in [0, 0.1) is 5.92 Å². The summed E-state index contributed by atoms with van der Waals surface area (Å²) < 4.78 is 9.84. The van der Waals surface area contributed by atoms with E-state index in [1.165, 1.54) is 7.11 Å². The van der Waals surface area contributed by atoms with Crippen LogP contribution in [0.4, 0.5) is 0 Å². The Kier molecular flexibility index (Phi) is 5.47. The number of carbonyl (C=O) groups excluding carboxylic acids is 1. The highest BCUT2D eigenvalue weighted by atomic mass is 16.5. The number of methoxy groups -OCH3 is 1. The topological polar surface area (TPSA) is 77.2 Å². The Hall–Kier alpha value is -1.43. The van der Waals surface area contributed by atoms with Crippen molar-refractivity contribution < 1.29 is 14.1 Å². The molecule has 0 aliphatic carbocycles. The molecule has 0 spiro atoms. The number of hydrogen-bond acceptors (Lipinski definition) is 6. The molecule has 0 radical (unpaired) electrons. The number of nitrogens with zero attached hydrogens (tertiary/aromatic N) is 2. The maximum Gasteiger partial charge on any atom is 0.325 e. The molecule has 0 atom stereocenters. The van der Waals surface area contributed by atoms with Gasteiger partial charge in [-0.25, -0.2) is 0 Å². The predicted octanol–water partition coefficient (Wildman–Crippen LogP) is 1.70. The van der Waals surface area contributed by atoms with Crippen LogP contribution in [-0.2, 0) is 22.5 Å². The Morgan fingerprint density at radius 2 is 2.16 bits per heavy atom. The summed E-state index contributed by atoms with van der Waals surface area (Å²) in [7, 11) is 1.36. The third-order valence-electron chi connectivity index (χ3n) is 2.83. The molecule has 1 aromatic heterocycles. The van der Waals surface area contributed by atoms with Crippen molar-refractivity contribution in [3.8, 4) is 0 Å². The molecule has 0 unspecified atom stereocenters. The number of rotatable bonds is 7. The van der Waals surface area contributed by atoms with Crippen molar-refractivity contribution in [3.05, 3.63) is 11.7 Å². The maximum atomic E-state index is 11.5. The van der Waals surface area contributed by atoms with Crippen LogP contribution < -0.4 is 5.32 Å². The average molecular weight is 269 g/mol. The Balaban J connectivity index is 2.48. The highest BCUT2D eigenvalue weighted by Gasteiger charge is 2.28. The molecule has 0 amide bonds. The molecule has 0 aromatic carbocycles. The fourth-order valence-electron chi connectivity index (χ4n) is 1.51. The van der Waals surface area contributed by atoms with Crippen LogP contribution in [0.2, 0.25) is 0 Å². The third kappa shape index (κ3) is 4.98. The van der Waals surface area contributed by atoms with Gasteiger partial charge in [-0.2, -0.15) is 4.98 Å². The van der Waals surface area contributed by atoms with Crippen molar-refractivity contribution in [2.75, 3.05) is 7.11 Å². The van der Waals surface area contributed by atoms with E-state index >= 15 is 0 Å². The number of hydrogen-bond donors (Lipinski definition) is 1. The van der Waals surface area contributed by atoms with Gasteiger partial charge in [0, 0.05) is 6.42 Å². The van der Waals surface area contributed by atoms with Crippen molar-refractivity contribution in [2.45, 2.75) is 52.6 Å². The van der Waals surface area contributed by atoms with Gasteiger partial charge >= 0.3 is 5.97 Å². The molecule has 6 heteroatoms. The van der Waals surface area contributed by atoms with E-state index in [1.54, 1.807) is 13.8 Å². The monoisotopic (exact) mass is 269 g/mol. The first-order valence-electron chi connectivity index (χ1n) is 6.50. The summed E-state index contributed by atoms with van der Waals surface area (Å²) in [6.45, 7) is 8.14. The van der Waals surface area contributed by atoms with Crippen molar-refractivity contribution in [1.82, 2.24) is 15.5 Å². The second-order valence-corrected chi connectivity index (χ2v) is 5.51. The normalized spacial score (nSPS) is 11.9. The van der Waals surface area contributed by atoms with Gasteiger partial charge in [-0.05, 0) is 26.2 Å².